The molecule has 0 radical (unpaired) electrons. The largest absolute Gasteiger partial charge is 0.465 e. The number of likely N-dealkylation sites (tertiary alicyclic amines) is 1. The highest BCUT2D eigenvalue weighted by Gasteiger charge is 2.79. The Morgan fingerprint density at radius 3 is 2.61 bits per heavy atom. The average molecular weight is 505 g/mol. The minimum atomic E-state index is -1.06. The topological polar surface area (TPSA) is 96.4 Å². The number of amides is 2. The van der Waals surface area contributed by atoms with Crippen molar-refractivity contribution in [3.8, 4) is 0 Å². The predicted octanol–water partition coefficient (Wildman–Crippen LogP) is 3.24. The first-order valence-corrected chi connectivity index (χ1v) is 13.7. The molecule has 5 atom stereocenters. The van der Waals surface area contributed by atoms with Gasteiger partial charge in [0, 0.05) is 26.2 Å². The summed E-state index contributed by atoms with van der Waals surface area (Å²) in [6, 6.07) is -0.824. The highest BCUT2D eigenvalue weighted by Crippen LogP contribution is 2.64. The summed E-state index contributed by atoms with van der Waals surface area (Å²) >= 11 is 0. The molecule has 0 aromatic rings. The van der Waals surface area contributed by atoms with Gasteiger partial charge in [-0.3, -0.25) is 14.4 Å². The number of hydrogen-bond acceptors (Lipinski definition) is 6. The van der Waals surface area contributed by atoms with Crippen molar-refractivity contribution >= 4 is 17.8 Å². The maximum Gasteiger partial charge on any atom is 0.312 e. The van der Waals surface area contributed by atoms with Gasteiger partial charge in [0.1, 0.15) is 17.6 Å². The summed E-state index contributed by atoms with van der Waals surface area (Å²) in [5.41, 5.74) is -1.86. The van der Waals surface area contributed by atoms with E-state index in [1.165, 1.54) is 0 Å². The van der Waals surface area contributed by atoms with Crippen LogP contribution in [0.4, 0.5) is 0 Å². The van der Waals surface area contributed by atoms with Crippen LogP contribution in [0.25, 0.3) is 0 Å². The Labute approximate surface area is 215 Å². The third-order valence-electron chi connectivity index (χ3n) is 8.22. The Hall–Kier alpha value is -2.19. The number of hydrogen-bond donors (Lipinski definition) is 1. The molecule has 8 heteroatoms. The van der Waals surface area contributed by atoms with Crippen LogP contribution in [0.2, 0.25) is 0 Å². The van der Waals surface area contributed by atoms with Gasteiger partial charge in [-0.15, -0.1) is 13.2 Å². The smallest absolute Gasteiger partial charge is 0.312 e. The van der Waals surface area contributed by atoms with Crippen LogP contribution in [0.1, 0.15) is 71.6 Å². The van der Waals surface area contributed by atoms with Crippen LogP contribution < -0.4 is 0 Å². The molecule has 0 aliphatic carbocycles. The second-order valence-corrected chi connectivity index (χ2v) is 10.3. The predicted molar refractivity (Wildman–Crippen MR) is 137 cm³/mol. The molecule has 2 unspecified atom stereocenters. The molecule has 3 rings (SSSR count). The first-order valence-electron chi connectivity index (χ1n) is 13.7. The summed E-state index contributed by atoms with van der Waals surface area (Å²) in [5.74, 6) is -2.31. The first kappa shape index (κ1) is 28.4. The van der Waals surface area contributed by atoms with Crippen molar-refractivity contribution in [1.29, 1.82) is 0 Å². The van der Waals surface area contributed by atoms with Gasteiger partial charge >= 0.3 is 5.97 Å². The fourth-order valence-corrected chi connectivity index (χ4v) is 6.50. The normalized spacial score (nSPS) is 30.4. The number of rotatable bonds is 16. The maximum atomic E-state index is 14.1. The van der Waals surface area contributed by atoms with E-state index in [1.54, 1.807) is 22.0 Å². The third-order valence-corrected chi connectivity index (χ3v) is 8.22. The van der Waals surface area contributed by atoms with Crippen molar-refractivity contribution in [1.82, 2.24) is 9.80 Å². The van der Waals surface area contributed by atoms with Crippen molar-refractivity contribution in [2.24, 2.45) is 11.8 Å². The molecular weight excluding hydrogens is 460 g/mol. The number of esters is 1. The van der Waals surface area contributed by atoms with Crippen molar-refractivity contribution in [3.05, 3.63) is 25.3 Å². The summed E-state index contributed by atoms with van der Waals surface area (Å²) in [4.78, 5) is 44.8. The molecule has 1 spiro atoms. The van der Waals surface area contributed by atoms with Crippen LogP contribution in [0, 0.1) is 11.8 Å². The monoisotopic (exact) mass is 504 g/mol. The Balaban J connectivity index is 1.97. The van der Waals surface area contributed by atoms with E-state index < -0.39 is 35.0 Å². The van der Waals surface area contributed by atoms with Gasteiger partial charge in [0.15, 0.2) is 0 Å². The van der Waals surface area contributed by atoms with Gasteiger partial charge in [0.05, 0.1) is 18.1 Å². The molecule has 3 aliphatic heterocycles. The highest BCUT2D eigenvalue weighted by molar-refractivity contribution is 5.98. The van der Waals surface area contributed by atoms with Gasteiger partial charge in [0.25, 0.3) is 0 Å². The fourth-order valence-electron chi connectivity index (χ4n) is 6.50. The molecule has 0 saturated carbocycles. The molecule has 3 heterocycles. The number of nitrogens with zero attached hydrogens (tertiary/aromatic N) is 2. The Bertz CT molecular complexity index is 831. The van der Waals surface area contributed by atoms with E-state index in [0.717, 1.165) is 25.7 Å². The summed E-state index contributed by atoms with van der Waals surface area (Å²) in [5, 5.41) is 9.51. The van der Waals surface area contributed by atoms with E-state index in [1.807, 2.05) is 6.92 Å². The average Bonchev–Trinajstić information content (AvgIpc) is 3.48. The summed E-state index contributed by atoms with van der Waals surface area (Å²) in [6.45, 7) is 13.0. The first-order chi connectivity index (χ1) is 17.4. The standard InChI is InChI=1S/C28H44N2O6/c1-5-9-11-17-29(16-7-3)25(33)23-28-15-14-27(8-4,36-28)22(26(34)35-20-12-10-6-2)21(28)24(32)30(23)18-13-19-31/h6-7,21-23,31H,2-3,5,8-20H2,1,4H3/t21-,22-,23?,27+,28?/m0/s1. The molecule has 3 aliphatic rings. The number of allylic oxidation sites excluding steroid dienone is 1. The summed E-state index contributed by atoms with van der Waals surface area (Å²) in [7, 11) is 0. The lowest BCUT2D eigenvalue weighted by Gasteiger charge is -2.37. The molecule has 36 heavy (non-hydrogen) atoms. The lowest BCUT2D eigenvalue weighted by Crippen LogP contribution is -2.56. The lowest BCUT2D eigenvalue weighted by atomic mass is 9.65. The number of carbonyl (C=O) groups excluding carboxylic acids is 3. The van der Waals surface area contributed by atoms with Gasteiger partial charge in [-0.05, 0) is 44.9 Å². The van der Waals surface area contributed by atoms with Gasteiger partial charge < -0.3 is 24.4 Å². The van der Waals surface area contributed by atoms with E-state index in [-0.39, 0.29) is 31.6 Å². The van der Waals surface area contributed by atoms with Crippen molar-refractivity contribution in [3.63, 3.8) is 0 Å². The van der Waals surface area contributed by atoms with Crippen LogP contribution in [-0.4, -0.2) is 82.8 Å². The molecule has 0 aromatic heterocycles. The van der Waals surface area contributed by atoms with E-state index in [0.29, 0.717) is 45.2 Å². The molecule has 0 aromatic carbocycles. The Kier molecular flexibility index (Phi) is 9.75. The molecule has 3 fully saturated rings. The number of aliphatic hydroxyl groups is 1. The van der Waals surface area contributed by atoms with Gasteiger partial charge in [-0.1, -0.05) is 38.8 Å². The lowest BCUT2D eigenvalue weighted by molar-refractivity contribution is -0.162. The maximum absolute atomic E-state index is 14.1. The van der Waals surface area contributed by atoms with Crippen LogP contribution in [-0.2, 0) is 23.9 Å². The van der Waals surface area contributed by atoms with Crippen LogP contribution >= 0.6 is 0 Å². The molecule has 202 valence electrons. The van der Waals surface area contributed by atoms with E-state index >= 15 is 0 Å². The molecule has 1 N–H and O–H groups in total. The van der Waals surface area contributed by atoms with Crippen LogP contribution in [0.15, 0.2) is 25.3 Å². The summed E-state index contributed by atoms with van der Waals surface area (Å²) < 4.78 is 12.4. The second kappa shape index (κ2) is 12.4. The van der Waals surface area contributed by atoms with Crippen molar-refractivity contribution < 1.29 is 29.0 Å². The number of ether oxygens (including phenoxy) is 2. The Morgan fingerprint density at radius 1 is 1.19 bits per heavy atom. The molecule has 8 nitrogen and oxygen atoms in total. The van der Waals surface area contributed by atoms with Crippen molar-refractivity contribution in [2.75, 3.05) is 32.8 Å². The third kappa shape index (κ3) is 4.99. The highest BCUT2D eigenvalue weighted by atomic mass is 16.6. The minimum Gasteiger partial charge on any atom is -0.465 e. The van der Waals surface area contributed by atoms with Crippen LogP contribution in [0.3, 0.4) is 0 Å². The fraction of sp³-hybridized carbons (Fsp3) is 0.750. The van der Waals surface area contributed by atoms with Gasteiger partial charge in [-0.2, -0.15) is 0 Å². The van der Waals surface area contributed by atoms with Gasteiger partial charge in [-0.25, -0.2) is 0 Å². The number of unbranched alkanes of at least 4 members (excludes halogenated alkanes) is 3. The number of fused-ring (bicyclic) bond motifs is 1. The SMILES string of the molecule is C=CCCCOC(=O)[C@@H]1[C@H]2C(=O)N(CCCO)C(C(=O)N(CC=C)CCCCC)C23CC[C@@]1(CC)O3. The zero-order chi connectivity index (χ0) is 26.3. The summed E-state index contributed by atoms with van der Waals surface area (Å²) in [6.07, 6.45) is 9.86. The zero-order valence-electron chi connectivity index (χ0n) is 22.1. The van der Waals surface area contributed by atoms with Gasteiger partial charge in [0.2, 0.25) is 11.8 Å². The van der Waals surface area contributed by atoms with E-state index in [4.69, 9.17) is 9.47 Å². The van der Waals surface area contributed by atoms with E-state index in [9.17, 15) is 19.5 Å². The Morgan fingerprint density at radius 2 is 1.97 bits per heavy atom. The number of carbonyl (C=O) groups is 3. The zero-order valence-corrected chi connectivity index (χ0v) is 22.1. The molecule has 2 amide bonds. The molecular formula is C28H44N2O6. The molecule has 2 bridgehead atoms. The number of aliphatic hydroxyl groups excluding tert-OH is 1. The van der Waals surface area contributed by atoms with E-state index in [2.05, 4.69) is 20.1 Å². The quantitative estimate of drug-likeness (QED) is 0.197. The van der Waals surface area contributed by atoms with Crippen LogP contribution in [0.5, 0.6) is 0 Å². The van der Waals surface area contributed by atoms with Crippen molar-refractivity contribution in [2.45, 2.75) is 88.9 Å². The second-order valence-electron chi connectivity index (χ2n) is 10.3. The molecule has 3 saturated heterocycles. The minimum absolute atomic E-state index is 0.0935.